The summed E-state index contributed by atoms with van der Waals surface area (Å²) in [5, 5.41) is 2.95. The third kappa shape index (κ3) is 2.85. The Labute approximate surface area is 150 Å². The van der Waals surface area contributed by atoms with E-state index in [-0.39, 0.29) is 17.8 Å². The zero-order chi connectivity index (χ0) is 18.1. The molecule has 7 nitrogen and oxygen atoms in total. The average Bonchev–Trinajstić information content (AvgIpc) is 3.25. The van der Waals surface area contributed by atoms with E-state index in [1.807, 2.05) is 42.5 Å². The summed E-state index contributed by atoms with van der Waals surface area (Å²) in [6.07, 6.45) is 2.44. The van der Waals surface area contributed by atoms with Gasteiger partial charge in [0.25, 0.3) is 0 Å². The highest BCUT2D eigenvalue weighted by molar-refractivity contribution is 5.75. The average molecular weight is 351 g/mol. The predicted octanol–water partition coefficient (Wildman–Crippen LogP) is 1.89. The first-order valence-electron chi connectivity index (χ1n) is 8.74. The molecule has 0 saturated carbocycles. The number of nitrogens with zero attached hydrogens (tertiary/aromatic N) is 4. The topological polar surface area (TPSA) is 72.2 Å². The molecule has 0 radical (unpaired) electrons. The van der Waals surface area contributed by atoms with Crippen LogP contribution in [-0.2, 0) is 13.6 Å². The van der Waals surface area contributed by atoms with Crippen molar-refractivity contribution in [1.29, 1.82) is 0 Å². The van der Waals surface area contributed by atoms with Crippen molar-refractivity contribution in [3.8, 4) is 0 Å². The van der Waals surface area contributed by atoms with Crippen LogP contribution in [0, 0.1) is 0 Å². The lowest BCUT2D eigenvalue weighted by Gasteiger charge is -2.17. The van der Waals surface area contributed by atoms with Crippen molar-refractivity contribution in [2.75, 3.05) is 13.1 Å². The van der Waals surface area contributed by atoms with Gasteiger partial charge in [-0.2, -0.15) is 0 Å². The first-order valence-corrected chi connectivity index (χ1v) is 8.74. The zero-order valence-corrected chi connectivity index (χ0v) is 14.6. The summed E-state index contributed by atoms with van der Waals surface area (Å²) in [4.78, 5) is 31.2. The van der Waals surface area contributed by atoms with E-state index in [4.69, 9.17) is 0 Å². The first kappa shape index (κ1) is 16.4. The number of carbonyl (C=O) groups excluding carboxylic acids is 1. The van der Waals surface area contributed by atoms with Gasteiger partial charge in [-0.3, -0.25) is 9.13 Å². The molecule has 1 aliphatic heterocycles. The van der Waals surface area contributed by atoms with Crippen molar-refractivity contribution in [2.24, 2.45) is 7.05 Å². The molecule has 1 aromatic carbocycles. The molecule has 0 bridgehead atoms. The van der Waals surface area contributed by atoms with Gasteiger partial charge in [-0.15, -0.1) is 0 Å². The lowest BCUT2D eigenvalue weighted by atomic mass is 10.2. The Morgan fingerprint density at radius 1 is 1.23 bits per heavy atom. The molecule has 7 heteroatoms. The fraction of sp³-hybridized carbons (Fsp3) is 0.316. The third-order valence-electron chi connectivity index (χ3n) is 4.95. The van der Waals surface area contributed by atoms with Crippen molar-refractivity contribution in [3.05, 3.63) is 64.7 Å². The Kier molecular flexibility index (Phi) is 4.20. The second-order valence-electron chi connectivity index (χ2n) is 6.59. The van der Waals surface area contributed by atoms with E-state index in [1.54, 1.807) is 27.3 Å². The number of likely N-dealkylation sites (tertiary alicyclic amines) is 1. The van der Waals surface area contributed by atoms with Crippen LogP contribution in [0.2, 0.25) is 0 Å². The largest absolute Gasteiger partial charge is 0.334 e. The molecule has 1 N–H and O–H groups in total. The number of carbonyl (C=O) groups is 1. The number of aryl methyl sites for hydroxylation is 1. The van der Waals surface area contributed by atoms with Crippen LogP contribution in [0.4, 0.5) is 4.79 Å². The number of rotatable bonds is 3. The highest BCUT2D eigenvalue weighted by Gasteiger charge is 2.30. The molecule has 0 spiro atoms. The molecule has 3 heterocycles. The van der Waals surface area contributed by atoms with Gasteiger partial charge in [0.15, 0.2) is 5.65 Å². The SMILES string of the molecule is Cn1c(=O)n(C2CCN(C(=O)NCc3ccccc3)C2)c2ncccc21. The van der Waals surface area contributed by atoms with Crippen LogP contribution in [0.25, 0.3) is 11.2 Å². The Morgan fingerprint density at radius 3 is 2.85 bits per heavy atom. The van der Waals surface area contributed by atoms with Gasteiger partial charge >= 0.3 is 11.7 Å². The van der Waals surface area contributed by atoms with Crippen LogP contribution in [0.3, 0.4) is 0 Å². The second kappa shape index (κ2) is 6.67. The second-order valence-corrected chi connectivity index (χ2v) is 6.59. The van der Waals surface area contributed by atoms with E-state index in [0.717, 1.165) is 17.5 Å². The molecule has 1 aliphatic rings. The predicted molar refractivity (Wildman–Crippen MR) is 98.9 cm³/mol. The van der Waals surface area contributed by atoms with Crippen molar-refractivity contribution in [2.45, 2.75) is 19.0 Å². The smallest absolute Gasteiger partial charge is 0.330 e. The number of pyridine rings is 1. The van der Waals surface area contributed by atoms with Gasteiger partial charge in [-0.05, 0) is 24.1 Å². The maximum absolute atomic E-state index is 12.6. The van der Waals surface area contributed by atoms with Crippen LogP contribution in [-0.4, -0.2) is 38.1 Å². The lowest BCUT2D eigenvalue weighted by Crippen LogP contribution is -2.38. The molecule has 1 saturated heterocycles. The summed E-state index contributed by atoms with van der Waals surface area (Å²) in [6.45, 7) is 1.63. The van der Waals surface area contributed by atoms with E-state index < -0.39 is 0 Å². The van der Waals surface area contributed by atoms with Crippen LogP contribution < -0.4 is 11.0 Å². The summed E-state index contributed by atoms with van der Waals surface area (Å²) in [7, 11) is 1.75. The maximum atomic E-state index is 12.6. The molecule has 1 unspecified atom stereocenters. The number of nitrogens with one attached hydrogen (secondary N) is 1. The fourth-order valence-corrected chi connectivity index (χ4v) is 3.54. The normalized spacial score (nSPS) is 17.0. The Hall–Kier alpha value is -3.09. The van der Waals surface area contributed by atoms with Gasteiger partial charge < -0.3 is 10.2 Å². The van der Waals surface area contributed by atoms with Gasteiger partial charge in [0.2, 0.25) is 0 Å². The van der Waals surface area contributed by atoms with Crippen LogP contribution in [0.15, 0.2) is 53.5 Å². The lowest BCUT2D eigenvalue weighted by molar-refractivity contribution is 0.206. The standard InChI is InChI=1S/C19H21N5O2/c1-22-16-8-5-10-20-17(16)24(19(22)26)15-9-11-23(13-15)18(25)21-12-14-6-3-2-4-7-14/h2-8,10,15H,9,11-13H2,1H3,(H,21,25). The number of amides is 2. The Bertz CT molecular complexity index is 992. The number of fused-ring (bicyclic) bond motifs is 1. The molecule has 3 aromatic rings. The minimum atomic E-state index is -0.0994. The molecule has 1 fully saturated rings. The van der Waals surface area contributed by atoms with Crippen molar-refractivity contribution in [3.63, 3.8) is 0 Å². The molecule has 0 aliphatic carbocycles. The molecule has 26 heavy (non-hydrogen) atoms. The zero-order valence-electron chi connectivity index (χ0n) is 14.6. The number of imidazole rings is 1. The molecular formula is C19H21N5O2. The summed E-state index contributed by atoms with van der Waals surface area (Å²) < 4.78 is 3.33. The van der Waals surface area contributed by atoms with Crippen molar-refractivity contribution in [1.82, 2.24) is 24.3 Å². The van der Waals surface area contributed by atoms with Crippen LogP contribution in [0.5, 0.6) is 0 Å². The highest BCUT2D eigenvalue weighted by Crippen LogP contribution is 2.23. The van der Waals surface area contributed by atoms with Gasteiger partial charge in [0.1, 0.15) is 0 Å². The number of aromatic nitrogens is 3. The number of benzene rings is 1. The summed E-state index contributed by atoms with van der Waals surface area (Å²) in [6, 6.07) is 13.4. The van der Waals surface area contributed by atoms with Crippen LogP contribution >= 0.6 is 0 Å². The number of hydrogen-bond donors (Lipinski definition) is 1. The number of hydrogen-bond acceptors (Lipinski definition) is 3. The monoisotopic (exact) mass is 351 g/mol. The maximum Gasteiger partial charge on any atom is 0.330 e. The first-order chi connectivity index (χ1) is 12.6. The molecule has 2 aromatic heterocycles. The van der Waals surface area contributed by atoms with Gasteiger partial charge in [-0.25, -0.2) is 14.6 Å². The van der Waals surface area contributed by atoms with Crippen LogP contribution in [0.1, 0.15) is 18.0 Å². The highest BCUT2D eigenvalue weighted by atomic mass is 16.2. The Balaban J connectivity index is 1.48. The van der Waals surface area contributed by atoms with E-state index in [0.29, 0.717) is 25.3 Å². The summed E-state index contributed by atoms with van der Waals surface area (Å²) in [5.74, 6) is 0. The number of urea groups is 1. The Morgan fingerprint density at radius 2 is 2.04 bits per heavy atom. The molecule has 1 atom stereocenters. The summed E-state index contributed by atoms with van der Waals surface area (Å²) >= 11 is 0. The minimum Gasteiger partial charge on any atom is -0.334 e. The molecule has 4 rings (SSSR count). The van der Waals surface area contributed by atoms with Gasteiger partial charge in [0, 0.05) is 32.9 Å². The van der Waals surface area contributed by atoms with E-state index >= 15 is 0 Å². The van der Waals surface area contributed by atoms with Gasteiger partial charge in [-0.1, -0.05) is 30.3 Å². The van der Waals surface area contributed by atoms with E-state index in [2.05, 4.69) is 10.3 Å². The fourth-order valence-electron chi connectivity index (χ4n) is 3.54. The molecule has 2 amide bonds. The summed E-state index contributed by atoms with van der Waals surface area (Å²) in [5.41, 5.74) is 2.46. The van der Waals surface area contributed by atoms with E-state index in [1.165, 1.54) is 0 Å². The third-order valence-corrected chi connectivity index (χ3v) is 4.95. The van der Waals surface area contributed by atoms with Crippen molar-refractivity contribution >= 4 is 17.2 Å². The van der Waals surface area contributed by atoms with Gasteiger partial charge in [0.05, 0.1) is 11.6 Å². The van der Waals surface area contributed by atoms with E-state index in [9.17, 15) is 9.59 Å². The molecule has 134 valence electrons. The van der Waals surface area contributed by atoms with Crippen molar-refractivity contribution < 1.29 is 4.79 Å². The quantitative estimate of drug-likeness (QED) is 0.783. The minimum absolute atomic E-state index is 0.0522. The molecular weight excluding hydrogens is 330 g/mol.